The van der Waals surface area contributed by atoms with Gasteiger partial charge in [0.2, 0.25) is 0 Å². The summed E-state index contributed by atoms with van der Waals surface area (Å²) in [5, 5.41) is 13.4. The van der Waals surface area contributed by atoms with Crippen LogP contribution in [-0.4, -0.2) is 9.49 Å². The van der Waals surface area contributed by atoms with E-state index in [1.807, 2.05) is 12.1 Å². The van der Waals surface area contributed by atoms with Crippen molar-refractivity contribution in [2.45, 2.75) is 25.9 Å². The molecule has 0 amide bonds. The van der Waals surface area contributed by atoms with E-state index >= 15 is 0 Å². The molecule has 2 aromatic heterocycles. The molecule has 0 N–H and O–H groups in total. The third-order valence-corrected chi connectivity index (χ3v) is 5.97. The average molecular weight is 458 g/mol. The Balaban J connectivity index is 0.00000259. The Morgan fingerprint density at radius 2 is 1.48 bits per heavy atom. The van der Waals surface area contributed by atoms with Crippen LogP contribution in [0.4, 0.5) is 5.69 Å². The molecule has 0 spiro atoms. The van der Waals surface area contributed by atoms with Crippen molar-refractivity contribution in [1.82, 2.24) is 4.57 Å². The third-order valence-electron chi connectivity index (χ3n) is 5.97. The van der Waals surface area contributed by atoms with Crippen molar-refractivity contribution in [3.63, 3.8) is 0 Å². The fourth-order valence-corrected chi connectivity index (χ4v) is 4.39. The van der Waals surface area contributed by atoms with Gasteiger partial charge in [-0.05, 0) is 36.6 Å². The number of rotatable bonds is 7. The minimum absolute atomic E-state index is 0. The molecule has 0 unspecified atom stereocenters. The van der Waals surface area contributed by atoms with Crippen LogP contribution in [0, 0.1) is 10.1 Å². The van der Waals surface area contributed by atoms with E-state index in [9.17, 15) is 10.1 Å². The van der Waals surface area contributed by atoms with Crippen LogP contribution in [0.15, 0.2) is 97.3 Å². The van der Waals surface area contributed by atoms with Crippen LogP contribution in [0.25, 0.3) is 21.8 Å². The first-order chi connectivity index (χ1) is 15.7. The van der Waals surface area contributed by atoms with Gasteiger partial charge < -0.3 is 17.0 Å². The first-order valence-electron chi connectivity index (χ1n) is 10.9. The highest BCUT2D eigenvalue weighted by molar-refractivity contribution is 6.07. The molecule has 0 fully saturated rings. The van der Waals surface area contributed by atoms with Gasteiger partial charge in [-0.15, -0.1) is 0 Å². The summed E-state index contributed by atoms with van der Waals surface area (Å²) in [6.45, 7) is 1.61. The van der Waals surface area contributed by atoms with Crippen LogP contribution < -0.4 is 17.0 Å². The Morgan fingerprint density at radius 3 is 2.24 bits per heavy atom. The lowest BCUT2D eigenvalue weighted by Crippen LogP contribution is -3.00. The van der Waals surface area contributed by atoms with Crippen molar-refractivity contribution in [1.29, 1.82) is 0 Å². The fourth-order valence-electron chi connectivity index (χ4n) is 4.39. The number of benzene rings is 3. The maximum absolute atomic E-state index is 10.9. The number of pyridine rings is 1. The van der Waals surface area contributed by atoms with Gasteiger partial charge in [-0.2, -0.15) is 4.57 Å². The predicted octanol–water partition coefficient (Wildman–Crippen LogP) is 2.68. The van der Waals surface area contributed by atoms with Crippen molar-refractivity contribution in [2.24, 2.45) is 0 Å². The molecule has 2 heterocycles. The van der Waals surface area contributed by atoms with Gasteiger partial charge in [0.05, 0.1) is 4.92 Å². The highest BCUT2D eigenvalue weighted by Crippen LogP contribution is 2.28. The van der Waals surface area contributed by atoms with E-state index in [2.05, 4.69) is 82.2 Å². The van der Waals surface area contributed by atoms with Gasteiger partial charge >= 0.3 is 0 Å². The summed E-state index contributed by atoms with van der Waals surface area (Å²) >= 11 is 0. The quantitative estimate of drug-likeness (QED) is 0.214. The maximum atomic E-state index is 10.9. The van der Waals surface area contributed by atoms with E-state index in [4.69, 9.17) is 0 Å². The molecule has 3 aromatic carbocycles. The average Bonchev–Trinajstić information content (AvgIpc) is 3.13. The van der Waals surface area contributed by atoms with Crippen molar-refractivity contribution in [3.05, 3.63) is 119 Å². The van der Waals surface area contributed by atoms with Crippen LogP contribution in [0.5, 0.6) is 0 Å². The van der Waals surface area contributed by atoms with Crippen LogP contribution in [-0.2, 0) is 19.5 Å². The molecular weight excluding hydrogens is 434 g/mol. The van der Waals surface area contributed by atoms with Gasteiger partial charge in [0.15, 0.2) is 18.9 Å². The number of halogens is 1. The van der Waals surface area contributed by atoms with Crippen molar-refractivity contribution in [2.75, 3.05) is 0 Å². The third kappa shape index (κ3) is 4.73. The second-order valence-corrected chi connectivity index (χ2v) is 8.10. The lowest BCUT2D eigenvalue weighted by molar-refractivity contribution is -0.687. The largest absolute Gasteiger partial charge is 1.00 e. The summed E-state index contributed by atoms with van der Waals surface area (Å²) in [5.41, 5.74) is 4.98. The van der Waals surface area contributed by atoms with Crippen molar-refractivity contribution >= 4 is 27.5 Å². The molecule has 0 aliphatic carbocycles. The molecule has 5 nitrogen and oxygen atoms in total. The van der Waals surface area contributed by atoms with E-state index in [1.54, 1.807) is 12.1 Å². The molecule has 0 radical (unpaired) electrons. The number of nitrogens with zero attached hydrogens (tertiary/aromatic N) is 3. The number of aryl methyl sites for hydroxylation is 2. The number of hydrogen-bond donors (Lipinski definition) is 0. The van der Waals surface area contributed by atoms with Crippen molar-refractivity contribution in [3.8, 4) is 0 Å². The number of aromatic nitrogens is 2. The number of nitro groups is 1. The monoisotopic (exact) mass is 457 g/mol. The molecule has 5 rings (SSSR count). The Kier molecular flexibility index (Phi) is 6.71. The van der Waals surface area contributed by atoms with Gasteiger partial charge in [-0.25, -0.2) is 0 Å². The second-order valence-electron chi connectivity index (χ2n) is 8.10. The zero-order valence-corrected chi connectivity index (χ0v) is 18.9. The second kappa shape index (κ2) is 9.84. The zero-order valence-electron chi connectivity index (χ0n) is 18.1. The van der Waals surface area contributed by atoms with E-state index in [0.717, 1.165) is 24.9 Å². The van der Waals surface area contributed by atoms with Gasteiger partial charge in [0.25, 0.3) is 5.69 Å². The minimum Gasteiger partial charge on any atom is -1.00 e. The van der Waals surface area contributed by atoms with E-state index in [1.165, 1.54) is 27.4 Å². The summed E-state index contributed by atoms with van der Waals surface area (Å²) < 4.78 is 4.57. The fraction of sp³-hybridized carbons (Fsp3) is 0.148. The van der Waals surface area contributed by atoms with Crippen LogP contribution in [0.2, 0.25) is 0 Å². The van der Waals surface area contributed by atoms with E-state index in [0.29, 0.717) is 6.54 Å². The predicted molar refractivity (Wildman–Crippen MR) is 127 cm³/mol. The molecule has 0 aliphatic heterocycles. The Bertz CT molecular complexity index is 1400. The normalized spacial score (nSPS) is 10.9. The maximum Gasteiger partial charge on any atom is 0.269 e. The van der Waals surface area contributed by atoms with E-state index in [-0.39, 0.29) is 23.0 Å². The first-order valence-corrected chi connectivity index (χ1v) is 10.9. The highest BCUT2D eigenvalue weighted by Gasteiger charge is 2.15. The number of hydrogen-bond acceptors (Lipinski definition) is 2. The summed E-state index contributed by atoms with van der Waals surface area (Å²) in [6, 6.07) is 28.1. The standard InChI is InChI=1S/C27H24N3O2.ClH/c31-30(32)23-14-12-22(13-15-23)19-28-18-16-25-24-10-4-5-11-26(24)29(27(25)20-28)17-6-9-21-7-2-1-3-8-21;/h1-5,7-8,10-16,18,20H,6,9,17,19H2;1H/q+1;/p-1. The van der Waals surface area contributed by atoms with Gasteiger partial charge in [0, 0.05) is 46.6 Å². The van der Waals surface area contributed by atoms with E-state index < -0.39 is 0 Å². The van der Waals surface area contributed by atoms with Crippen molar-refractivity contribution < 1.29 is 21.9 Å². The SMILES string of the molecule is O=[N+]([O-])c1ccc(C[n+]2ccc3c4ccccc4n(CCCc4ccccc4)c3c2)cc1.[Cl-]. The van der Waals surface area contributed by atoms with Crippen LogP contribution in [0.3, 0.4) is 0 Å². The number of para-hydroxylation sites is 1. The molecule has 0 saturated carbocycles. The Hall–Kier alpha value is -3.70. The molecule has 166 valence electrons. The molecular formula is C27H24ClN3O2. The first kappa shape index (κ1) is 22.5. The summed E-state index contributed by atoms with van der Waals surface area (Å²) in [6.07, 6.45) is 6.39. The molecule has 0 saturated heterocycles. The topological polar surface area (TPSA) is 52.0 Å². The smallest absolute Gasteiger partial charge is 0.269 e. The van der Waals surface area contributed by atoms with Gasteiger partial charge in [-0.1, -0.05) is 48.5 Å². The molecule has 33 heavy (non-hydrogen) atoms. The van der Waals surface area contributed by atoms with Crippen LogP contribution in [0.1, 0.15) is 17.5 Å². The molecule has 6 heteroatoms. The van der Waals surface area contributed by atoms with Gasteiger partial charge in [-0.3, -0.25) is 10.1 Å². The Morgan fingerprint density at radius 1 is 0.788 bits per heavy atom. The molecule has 0 aliphatic rings. The highest BCUT2D eigenvalue weighted by atomic mass is 35.5. The molecule has 0 atom stereocenters. The number of fused-ring (bicyclic) bond motifs is 3. The number of nitro benzene ring substituents is 1. The zero-order chi connectivity index (χ0) is 21.9. The summed E-state index contributed by atoms with van der Waals surface area (Å²) in [5.74, 6) is 0. The number of non-ortho nitro benzene ring substituents is 1. The van der Waals surface area contributed by atoms with Gasteiger partial charge in [0.1, 0.15) is 5.52 Å². The summed E-state index contributed by atoms with van der Waals surface area (Å²) in [7, 11) is 0. The lowest BCUT2D eigenvalue weighted by Gasteiger charge is -2.07. The lowest BCUT2D eigenvalue weighted by atomic mass is 10.1. The van der Waals surface area contributed by atoms with Crippen LogP contribution >= 0.6 is 0 Å². The molecule has 0 bridgehead atoms. The Labute approximate surface area is 198 Å². The summed E-state index contributed by atoms with van der Waals surface area (Å²) in [4.78, 5) is 10.5. The molecule has 5 aromatic rings. The minimum atomic E-state index is -0.364.